The van der Waals surface area contributed by atoms with Crippen LogP contribution in [0.5, 0.6) is 11.5 Å². The maximum Gasteiger partial charge on any atom is 0.279 e. The normalized spacial score (nSPS) is 10.8. The van der Waals surface area contributed by atoms with Crippen LogP contribution in [-0.2, 0) is 6.42 Å². The number of nitro benzene ring substituents is 1. The molecule has 0 amide bonds. The molecule has 0 aliphatic carbocycles. The second-order valence-electron chi connectivity index (χ2n) is 6.85. The van der Waals surface area contributed by atoms with Gasteiger partial charge in [0.25, 0.3) is 11.2 Å². The summed E-state index contributed by atoms with van der Waals surface area (Å²) in [4.78, 5) is 23.5. The van der Waals surface area contributed by atoms with Gasteiger partial charge in [0.1, 0.15) is 0 Å². The van der Waals surface area contributed by atoms with Gasteiger partial charge in [-0.2, -0.15) is 9.78 Å². The lowest BCUT2D eigenvalue weighted by Gasteiger charge is -2.13. The number of hydrogen-bond donors (Lipinski definition) is 0. The van der Waals surface area contributed by atoms with Crippen LogP contribution in [-0.4, -0.2) is 28.9 Å². The molecule has 8 nitrogen and oxygen atoms in total. The number of aromatic nitrogens is 2. The smallest absolute Gasteiger partial charge is 0.279 e. The van der Waals surface area contributed by atoms with Crippen molar-refractivity contribution in [2.45, 2.75) is 6.42 Å². The summed E-state index contributed by atoms with van der Waals surface area (Å²) in [6.07, 6.45) is 0.453. The average Bonchev–Trinajstić information content (AvgIpc) is 2.81. The molecule has 0 bridgehead atoms. The number of fused-ring (bicyclic) bond motifs is 1. The van der Waals surface area contributed by atoms with Crippen LogP contribution in [0.2, 0.25) is 0 Å². The summed E-state index contributed by atoms with van der Waals surface area (Å²) in [5.74, 6) is 1.23. The van der Waals surface area contributed by atoms with E-state index in [2.05, 4.69) is 5.10 Å². The van der Waals surface area contributed by atoms with E-state index in [9.17, 15) is 14.9 Å². The average molecular weight is 417 g/mol. The molecule has 0 aliphatic heterocycles. The van der Waals surface area contributed by atoms with Gasteiger partial charge in [0.05, 0.1) is 35.9 Å². The Morgan fingerprint density at radius 1 is 0.935 bits per heavy atom. The molecule has 1 heterocycles. The lowest BCUT2D eigenvalue weighted by atomic mass is 10.0. The van der Waals surface area contributed by atoms with Crippen molar-refractivity contribution in [1.82, 2.24) is 9.78 Å². The molecule has 0 unspecified atom stereocenters. The molecule has 4 aromatic rings. The number of non-ortho nitro benzene ring substituents is 1. The molecule has 31 heavy (non-hydrogen) atoms. The van der Waals surface area contributed by atoms with E-state index in [1.54, 1.807) is 26.4 Å². The highest BCUT2D eigenvalue weighted by molar-refractivity contribution is 5.84. The molecule has 0 fully saturated rings. The monoisotopic (exact) mass is 417 g/mol. The first kappa shape index (κ1) is 20.1. The Kier molecular flexibility index (Phi) is 5.36. The molecular formula is C23H19N3O5. The zero-order valence-electron chi connectivity index (χ0n) is 16.9. The largest absolute Gasteiger partial charge is 0.493 e. The van der Waals surface area contributed by atoms with Gasteiger partial charge in [0.15, 0.2) is 11.5 Å². The Morgan fingerprint density at radius 2 is 1.61 bits per heavy atom. The molecule has 8 heteroatoms. The summed E-state index contributed by atoms with van der Waals surface area (Å²) in [5.41, 5.74) is 1.74. The molecule has 0 atom stereocenters. The number of nitrogens with zero attached hydrogens (tertiary/aromatic N) is 3. The maximum atomic E-state index is 13.1. The minimum Gasteiger partial charge on any atom is -0.493 e. The lowest BCUT2D eigenvalue weighted by molar-refractivity contribution is -0.384. The van der Waals surface area contributed by atoms with Gasteiger partial charge in [0.2, 0.25) is 0 Å². The van der Waals surface area contributed by atoms with Crippen LogP contribution < -0.4 is 15.0 Å². The molecule has 1 aromatic heterocycles. The number of ether oxygens (including phenoxy) is 2. The molecule has 3 aromatic carbocycles. The minimum atomic E-state index is -0.483. The lowest BCUT2D eigenvalue weighted by Crippen LogP contribution is -2.23. The van der Waals surface area contributed by atoms with Gasteiger partial charge in [-0.25, -0.2) is 0 Å². The Bertz CT molecular complexity index is 1330. The Hall–Kier alpha value is -4.20. The van der Waals surface area contributed by atoms with Crippen molar-refractivity contribution in [3.8, 4) is 17.2 Å². The van der Waals surface area contributed by atoms with Crippen molar-refractivity contribution >= 4 is 16.5 Å². The first-order valence-corrected chi connectivity index (χ1v) is 9.48. The van der Waals surface area contributed by atoms with Crippen molar-refractivity contribution in [2.24, 2.45) is 0 Å². The zero-order chi connectivity index (χ0) is 22.0. The highest BCUT2D eigenvalue weighted by atomic mass is 16.6. The predicted octanol–water partition coefficient (Wildman–Crippen LogP) is 3.90. The topological polar surface area (TPSA) is 96.5 Å². The van der Waals surface area contributed by atoms with Gasteiger partial charge in [-0.3, -0.25) is 14.9 Å². The standard InChI is InChI=1S/C23H19N3O5/c1-30-21-12-7-15(14-22(21)31-2)13-20-18-5-3-4-6-19(18)23(27)25(24-20)16-8-10-17(11-9-16)26(28)29/h3-12,14H,13H2,1-2H3. The summed E-state index contributed by atoms with van der Waals surface area (Å²) in [7, 11) is 3.15. The molecule has 156 valence electrons. The summed E-state index contributed by atoms with van der Waals surface area (Å²) in [5, 5.41) is 16.8. The highest BCUT2D eigenvalue weighted by Gasteiger charge is 2.14. The second kappa shape index (κ2) is 8.27. The number of rotatable bonds is 6. The van der Waals surface area contributed by atoms with E-state index in [0.717, 1.165) is 10.9 Å². The zero-order valence-corrected chi connectivity index (χ0v) is 16.9. The first-order chi connectivity index (χ1) is 15.0. The van der Waals surface area contributed by atoms with Crippen molar-refractivity contribution in [3.63, 3.8) is 0 Å². The highest BCUT2D eigenvalue weighted by Crippen LogP contribution is 2.29. The molecule has 0 N–H and O–H groups in total. The van der Waals surface area contributed by atoms with Crippen LogP contribution in [0, 0.1) is 10.1 Å². The van der Waals surface area contributed by atoms with Gasteiger partial charge in [-0.05, 0) is 35.9 Å². The van der Waals surface area contributed by atoms with Gasteiger partial charge in [-0.15, -0.1) is 0 Å². The molecule has 0 aliphatic rings. The van der Waals surface area contributed by atoms with Crippen LogP contribution in [0.25, 0.3) is 16.5 Å². The van der Waals surface area contributed by atoms with Gasteiger partial charge < -0.3 is 9.47 Å². The van der Waals surface area contributed by atoms with Crippen LogP contribution in [0.1, 0.15) is 11.3 Å². The Morgan fingerprint density at radius 3 is 2.26 bits per heavy atom. The fourth-order valence-corrected chi connectivity index (χ4v) is 3.46. The third-order valence-electron chi connectivity index (χ3n) is 5.01. The second-order valence-corrected chi connectivity index (χ2v) is 6.85. The van der Waals surface area contributed by atoms with Gasteiger partial charge in [-0.1, -0.05) is 24.3 Å². The summed E-state index contributed by atoms with van der Waals surface area (Å²) in [6.45, 7) is 0. The van der Waals surface area contributed by atoms with Crippen molar-refractivity contribution < 1.29 is 14.4 Å². The third kappa shape index (κ3) is 3.83. The Labute approximate surface area is 177 Å². The minimum absolute atomic E-state index is 0.0526. The summed E-state index contributed by atoms with van der Waals surface area (Å²) in [6, 6.07) is 18.6. The molecule has 0 spiro atoms. The van der Waals surface area contributed by atoms with Crippen molar-refractivity contribution in [2.75, 3.05) is 14.2 Å². The molecule has 0 saturated carbocycles. The molecule has 0 saturated heterocycles. The van der Waals surface area contributed by atoms with Crippen molar-refractivity contribution in [3.05, 3.63) is 98.5 Å². The number of benzene rings is 3. The molecule has 4 rings (SSSR count). The Balaban J connectivity index is 1.85. The van der Waals surface area contributed by atoms with E-state index in [1.807, 2.05) is 30.3 Å². The van der Waals surface area contributed by atoms with E-state index >= 15 is 0 Å². The van der Waals surface area contributed by atoms with E-state index in [0.29, 0.717) is 34.7 Å². The van der Waals surface area contributed by atoms with Gasteiger partial charge in [0, 0.05) is 23.9 Å². The van der Waals surface area contributed by atoms with E-state index in [4.69, 9.17) is 9.47 Å². The first-order valence-electron chi connectivity index (χ1n) is 9.48. The number of methoxy groups -OCH3 is 2. The number of nitro groups is 1. The van der Waals surface area contributed by atoms with Crippen LogP contribution in [0.15, 0.2) is 71.5 Å². The van der Waals surface area contributed by atoms with E-state index in [1.165, 1.54) is 28.9 Å². The maximum absolute atomic E-state index is 13.1. The van der Waals surface area contributed by atoms with Crippen LogP contribution in [0.3, 0.4) is 0 Å². The fourth-order valence-electron chi connectivity index (χ4n) is 3.46. The summed E-state index contributed by atoms with van der Waals surface area (Å²) < 4.78 is 12.0. The van der Waals surface area contributed by atoms with E-state index < -0.39 is 4.92 Å². The third-order valence-corrected chi connectivity index (χ3v) is 5.01. The SMILES string of the molecule is COc1ccc(Cc2nn(-c3ccc([N+](=O)[O-])cc3)c(=O)c3ccccc23)cc1OC. The van der Waals surface area contributed by atoms with Gasteiger partial charge >= 0.3 is 0 Å². The number of hydrogen-bond acceptors (Lipinski definition) is 6. The van der Waals surface area contributed by atoms with Crippen LogP contribution >= 0.6 is 0 Å². The fraction of sp³-hybridized carbons (Fsp3) is 0.130. The predicted molar refractivity (Wildman–Crippen MR) is 116 cm³/mol. The quantitative estimate of drug-likeness (QED) is 0.349. The molecular weight excluding hydrogens is 398 g/mol. The van der Waals surface area contributed by atoms with E-state index in [-0.39, 0.29) is 11.2 Å². The summed E-state index contributed by atoms with van der Waals surface area (Å²) >= 11 is 0. The molecule has 0 radical (unpaired) electrons. The van der Waals surface area contributed by atoms with Crippen LogP contribution in [0.4, 0.5) is 5.69 Å². The van der Waals surface area contributed by atoms with Crippen molar-refractivity contribution in [1.29, 1.82) is 0 Å².